The highest BCUT2D eigenvalue weighted by atomic mass is 35.5. The van der Waals surface area contributed by atoms with Crippen molar-refractivity contribution in [3.8, 4) is 0 Å². The van der Waals surface area contributed by atoms with Crippen molar-refractivity contribution in [3.05, 3.63) is 28.3 Å². The van der Waals surface area contributed by atoms with Crippen LogP contribution in [0, 0.1) is 11.8 Å². The standard InChI is InChI=1S/C13H10ClF2N3O2/c14-7-2-1-4(9(17)8(7)11(20)12(15)16)10-5-3-6(5)13(21)19-18-10/h1-2,5-6,12H,3,17H2,(H,19,21). The number of hydrogen-bond acceptors (Lipinski definition) is 4. The molecule has 1 aliphatic heterocycles. The summed E-state index contributed by atoms with van der Waals surface area (Å²) >= 11 is 5.81. The van der Waals surface area contributed by atoms with Crippen molar-refractivity contribution >= 4 is 34.7 Å². The molecule has 0 bridgehead atoms. The molecule has 1 aliphatic carbocycles. The average Bonchev–Trinajstić information content (AvgIpc) is 3.21. The predicted octanol–water partition coefficient (Wildman–Crippen LogP) is 1.84. The van der Waals surface area contributed by atoms with Crippen molar-refractivity contribution in [2.45, 2.75) is 12.8 Å². The van der Waals surface area contributed by atoms with Crippen LogP contribution in [0.15, 0.2) is 17.2 Å². The molecule has 1 aromatic carbocycles. The summed E-state index contributed by atoms with van der Waals surface area (Å²) in [6.45, 7) is 0. The van der Waals surface area contributed by atoms with E-state index in [1.165, 1.54) is 12.1 Å². The third-order valence-corrected chi connectivity index (χ3v) is 4.00. The first-order valence-corrected chi connectivity index (χ1v) is 6.57. The molecule has 1 saturated carbocycles. The van der Waals surface area contributed by atoms with Gasteiger partial charge in [0.25, 0.3) is 0 Å². The molecule has 8 heteroatoms. The van der Waals surface area contributed by atoms with Crippen LogP contribution in [0.3, 0.4) is 0 Å². The number of alkyl halides is 2. The van der Waals surface area contributed by atoms with E-state index < -0.39 is 17.8 Å². The first-order valence-electron chi connectivity index (χ1n) is 6.20. The van der Waals surface area contributed by atoms with E-state index in [0.717, 1.165) is 0 Å². The quantitative estimate of drug-likeness (QED) is 0.659. The summed E-state index contributed by atoms with van der Waals surface area (Å²) in [6.07, 6.45) is -2.56. The van der Waals surface area contributed by atoms with Gasteiger partial charge in [0, 0.05) is 17.4 Å². The molecule has 2 unspecified atom stereocenters. The Bertz CT molecular complexity index is 690. The number of anilines is 1. The lowest BCUT2D eigenvalue weighted by molar-refractivity contribution is -0.122. The van der Waals surface area contributed by atoms with Crippen LogP contribution in [-0.4, -0.2) is 23.8 Å². The molecule has 0 radical (unpaired) electrons. The number of hydrogen-bond donors (Lipinski definition) is 2. The molecular formula is C13H10ClF2N3O2. The zero-order valence-corrected chi connectivity index (χ0v) is 11.3. The van der Waals surface area contributed by atoms with E-state index in [9.17, 15) is 18.4 Å². The first kappa shape index (κ1) is 13.9. The second kappa shape index (κ2) is 4.77. The molecule has 1 amide bonds. The minimum Gasteiger partial charge on any atom is -0.398 e. The minimum absolute atomic E-state index is 0.0864. The fourth-order valence-electron chi connectivity index (χ4n) is 2.50. The van der Waals surface area contributed by atoms with Gasteiger partial charge in [-0.1, -0.05) is 11.6 Å². The SMILES string of the molecule is Nc1c(C2=NNC(=O)C3CC23)ccc(Cl)c1C(=O)C(F)F. The van der Waals surface area contributed by atoms with Gasteiger partial charge in [-0.25, -0.2) is 14.2 Å². The molecule has 21 heavy (non-hydrogen) atoms. The van der Waals surface area contributed by atoms with E-state index in [0.29, 0.717) is 17.7 Å². The lowest BCUT2D eigenvalue weighted by Crippen LogP contribution is -2.29. The van der Waals surface area contributed by atoms with Crippen LogP contribution < -0.4 is 11.2 Å². The van der Waals surface area contributed by atoms with Crippen molar-refractivity contribution in [1.29, 1.82) is 0 Å². The van der Waals surface area contributed by atoms with Crippen LogP contribution >= 0.6 is 11.6 Å². The fraction of sp³-hybridized carbons (Fsp3) is 0.308. The molecule has 0 saturated heterocycles. The summed E-state index contributed by atoms with van der Waals surface area (Å²) in [6, 6.07) is 2.85. The van der Waals surface area contributed by atoms with Crippen molar-refractivity contribution in [3.63, 3.8) is 0 Å². The highest BCUT2D eigenvalue weighted by Gasteiger charge is 2.49. The molecule has 3 rings (SSSR count). The molecule has 110 valence electrons. The Morgan fingerprint density at radius 3 is 2.81 bits per heavy atom. The lowest BCUT2D eigenvalue weighted by atomic mass is 9.97. The van der Waals surface area contributed by atoms with Gasteiger partial charge in [-0.05, 0) is 18.6 Å². The topological polar surface area (TPSA) is 84.5 Å². The maximum absolute atomic E-state index is 12.6. The molecule has 0 aromatic heterocycles. The molecule has 2 aliphatic rings. The molecule has 2 atom stereocenters. The highest BCUT2D eigenvalue weighted by Crippen LogP contribution is 2.45. The molecule has 1 fully saturated rings. The Labute approximate surface area is 123 Å². The molecule has 5 nitrogen and oxygen atoms in total. The molecule has 1 aromatic rings. The summed E-state index contributed by atoms with van der Waals surface area (Å²) in [5.74, 6) is -1.84. The van der Waals surface area contributed by atoms with E-state index in [-0.39, 0.29) is 28.5 Å². The number of fused-ring (bicyclic) bond motifs is 1. The van der Waals surface area contributed by atoms with Gasteiger partial charge in [0.05, 0.1) is 22.0 Å². The van der Waals surface area contributed by atoms with Crippen molar-refractivity contribution in [2.24, 2.45) is 16.9 Å². The van der Waals surface area contributed by atoms with E-state index in [1.807, 2.05) is 0 Å². The van der Waals surface area contributed by atoms with E-state index in [4.69, 9.17) is 17.3 Å². The summed E-state index contributed by atoms with van der Waals surface area (Å²) in [5.41, 5.74) is 8.52. The van der Waals surface area contributed by atoms with Crippen LogP contribution in [0.5, 0.6) is 0 Å². The van der Waals surface area contributed by atoms with E-state index >= 15 is 0 Å². The van der Waals surface area contributed by atoms with Crippen molar-refractivity contribution in [1.82, 2.24) is 5.43 Å². The molecule has 3 N–H and O–H groups in total. The number of Topliss-reactive ketones (excluding diaryl/α,β-unsaturated/α-hetero) is 1. The van der Waals surface area contributed by atoms with Gasteiger partial charge < -0.3 is 5.73 Å². The monoisotopic (exact) mass is 313 g/mol. The Kier molecular flexibility index (Phi) is 3.16. The number of nitrogens with zero attached hydrogens (tertiary/aromatic N) is 1. The molecular weight excluding hydrogens is 304 g/mol. The van der Waals surface area contributed by atoms with Gasteiger partial charge in [0.15, 0.2) is 0 Å². The van der Waals surface area contributed by atoms with Crippen LogP contribution in [0.25, 0.3) is 0 Å². The van der Waals surface area contributed by atoms with Crippen LogP contribution in [0.4, 0.5) is 14.5 Å². The Balaban J connectivity index is 2.07. The van der Waals surface area contributed by atoms with E-state index in [2.05, 4.69) is 10.5 Å². The lowest BCUT2D eigenvalue weighted by Gasteiger charge is -2.16. The molecule has 0 spiro atoms. The second-order valence-corrected chi connectivity index (χ2v) is 5.38. The van der Waals surface area contributed by atoms with Gasteiger partial charge >= 0.3 is 6.43 Å². The largest absolute Gasteiger partial charge is 0.398 e. The third kappa shape index (κ3) is 2.17. The smallest absolute Gasteiger partial charge is 0.300 e. The normalized spacial score (nSPS) is 23.4. The van der Waals surface area contributed by atoms with Gasteiger partial charge in [-0.15, -0.1) is 0 Å². The number of nitrogen functional groups attached to an aromatic ring is 1. The zero-order valence-electron chi connectivity index (χ0n) is 10.6. The number of carbonyl (C=O) groups excluding carboxylic acids is 2. The molecule has 1 heterocycles. The number of nitrogens with two attached hydrogens (primary N) is 1. The van der Waals surface area contributed by atoms with Gasteiger partial charge in [-0.2, -0.15) is 5.10 Å². The maximum atomic E-state index is 12.6. The summed E-state index contributed by atoms with van der Waals surface area (Å²) in [4.78, 5) is 22.9. The van der Waals surface area contributed by atoms with Crippen LogP contribution in [0.1, 0.15) is 22.3 Å². The summed E-state index contributed by atoms with van der Waals surface area (Å²) in [7, 11) is 0. The summed E-state index contributed by atoms with van der Waals surface area (Å²) < 4.78 is 25.3. The van der Waals surface area contributed by atoms with Crippen LogP contribution in [0.2, 0.25) is 5.02 Å². The zero-order chi connectivity index (χ0) is 15.3. The van der Waals surface area contributed by atoms with Crippen LogP contribution in [-0.2, 0) is 4.79 Å². The fourth-order valence-corrected chi connectivity index (χ4v) is 2.76. The maximum Gasteiger partial charge on any atom is 0.300 e. The van der Waals surface area contributed by atoms with Crippen molar-refractivity contribution < 1.29 is 18.4 Å². The third-order valence-electron chi connectivity index (χ3n) is 3.68. The average molecular weight is 314 g/mol. The van der Waals surface area contributed by atoms with Gasteiger partial charge in [0.2, 0.25) is 11.7 Å². The number of nitrogens with one attached hydrogen (secondary N) is 1. The number of halogens is 3. The second-order valence-electron chi connectivity index (χ2n) is 4.97. The van der Waals surface area contributed by atoms with E-state index in [1.54, 1.807) is 0 Å². The Hall–Kier alpha value is -2.02. The highest BCUT2D eigenvalue weighted by molar-refractivity contribution is 6.35. The minimum atomic E-state index is -3.19. The van der Waals surface area contributed by atoms with Crippen molar-refractivity contribution in [2.75, 3.05) is 5.73 Å². The number of rotatable bonds is 3. The number of ketones is 1. The number of hydrazone groups is 1. The number of carbonyl (C=O) groups is 2. The first-order chi connectivity index (χ1) is 9.91. The Morgan fingerprint density at radius 1 is 1.43 bits per heavy atom. The Morgan fingerprint density at radius 2 is 2.14 bits per heavy atom. The van der Waals surface area contributed by atoms with Gasteiger partial charge in [-0.3, -0.25) is 9.59 Å². The summed E-state index contributed by atoms with van der Waals surface area (Å²) in [5, 5.41) is 3.80. The van der Waals surface area contributed by atoms with Gasteiger partial charge in [0.1, 0.15) is 0 Å². The predicted molar refractivity (Wildman–Crippen MR) is 72.5 cm³/mol. The number of amides is 1. The number of benzene rings is 1.